The van der Waals surface area contributed by atoms with Gasteiger partial charge in [0.1, 0.15) is 6.04 Å². The normalized spacial score (nSPS) is 17.5. The molecular formula is C11H17N3O2S. The predicted octanol–water partition coefficient (Wildman–Crippen LogP) is 1.46. The Morgan fingerprint density at radius 2 is 2.47 bits per heavy atom. The van der Waals surface area contributed by atoms with E-state index in [-0.39, 0.29) is 0 Å². The van der Waals surface area contributed by atoms with Gasteiger partial charge in [0, 0.05) is 19.0 Å². The molecule has 0 saturated heterocycles. The third kappa shape index (κ3) is 2.76. The number of thiazole rings is 1. The second-order valence-electron chi connectivity index (χ2n) is 4.55. The molecule has 3 N–H and O–H groups in total. The molecule has 0 bridgehead atoms. The van der Waals surface area contributed by atoms with Crippen LogP contribution in [0.1, 0.15) is 31.0 Å². The zero-order chi connectivity index (χ0) is 12.4. The predicted molar refractivity (Wildman–Crippen MR) is 67.3 cm³/mol. The number of hydrogen-bond donors (Lipinski definition) is 2. The van der Waals surface area contributed by atoms with Gasteiger partial charge >= 0.3 is 5.97 Å². The van der Waals surface area contributed by atoms with Crippen molar-refractivity contribution < 1.29 is 9.90 Å². The van der Waals surface area contributed by atoms with Gasteiger partial charge < -0.3 is 15.7 Å². The smallest absolute Gasteiger partial charge is 0.326 e. The van der Waals surface area contributed by atoms with Gasteiger partial charge in [-0.05, 0) is 18.8 Å². The molecule has 6 heteroatoms. The number of aliphatic carboxylic acids is 1. The van der Waals surface area contributed by atoms with E-state index in [2.05, 4.69) is 9.88 Å². The second kappa shape index (κ2) is 5.01. The minimum Gasteiger partial charge on any atom is -0.480 e. The molecule has 0 amide bonds. The van der Waals surface area contributed by atoms with E-state index in [9.17, 15) is 4.79 Å². The van der Waals surface area contributed by atoms with E-state index in [1.54, 1.807) is 5.38 Å². The number of carbonyl (C=O) groups is 1. The van der Waals surface area contributed by atoms with Gasteiger partial charge in [0.15, 0.2) is 5.13 Å². The number of hydrogen-bond acceptors (Lipinski definition) is 5. The Morgan fingerprint density at radius 1 is 1.76 bits per heavy atom. The molecule has 1 atom stereocenters. The van der Waals surface area contributed by atoms with Crippen LogP contribution in [0.2, 0.25) is 0 Å². The van der Waals surface area contributed by atoms with Crippen LogP contribution in [-0.4, -0.2) is 29.7 Å². The molecule has 1 aliphatic carbocycles. The summed E-state index contributed by atoms with van der Waals surface area (Å²) < 4.78 is 0. The average Bonchev–Trinajstić information content (AvgIpc) is 2.71. The fourth-order valence-corrected chi connectivity index (χ4v) is 2.70. The first kappa shape index (κ1) is 12.3. The largest absolute Gasteiger partial charge is 0.480 e. The molecule has 1 aromatic heterocycles. The minimum atomic E-state index is -1.04. The molecule has 1 heterocycles. The maximum Gasteiger partial charge on any atom is 0.326 e. The average molecular weight is 255 g/mol. The van der Waals surface area contributed by atoms with Gasteiger partial charge in [-0.15, -0.1) is 11.3 Å². The minimum absolute atomic E-state index is 0.443. The molecule has 94 valence electrons. The van der Waals surface area contributed by atoms with Crippen molar-refractivity contribution in [3.63, 3.8) is 0 Å². The standard InChI is InChI=1S/C11H17N3O2S/c1-14(5-7-3-2-4-7)11-13-8(6-17-11)9(12)10(15)16/h6-7,9H,2-5,12H2,1H3,(H,15,16). The van der Waals surface area contributed by atoms with E-state index in [0.717, 1.165) is 17.6 Å². The Hall–Kier alpha value is -1.14. The highest BCUT2D eigenvalue weighted by Gasteiger charge is 2.22. The highest BCUT2D eigenvalue weighted by molar-refractivity contribution is 7.13. The molecule has 1 fully saturated rings. The van der Waals surface area contributed by atoms with Gasteiger partial charge in [-0.3, -0.25) is 4.79 Å². The summed E-state index contributed by atoms with van der Waals surface area (Å²) in [5.41, 5.74) is 5.96. The number of aromatic nitrogens is 1. The van der Waals surface area contributed by atoms with Crippen molar-refractivity contribution in [1.82, 2.24) is 4.98 Å². The Balaban J connectivity index is 1.98. The Bertz CT molecular complexity index is 403. The first-order valence-corrected chi connectivity index (χ1v) is 6.61. The fourth-order valence-electron chi connectivity index (χ4n) is 1.86. The van der Waals surface area contributed by atoms with E-state index in [4.69, 9.17) is 10.8 Å². The third-order valence-corrected chi connectivity index (χ3v) is 4.15. The summed E-state index contributed by atoms with van der Waals surface area (Å²) in [7, 11) is 1.99. The van der Waals surface area contributed by atoms with Gasteiger partial charge in [0.05, 0.1) is 5.69 Å². The van der Waals surface area contributed by atoms with Crippen molar-refractivity contribution in [3.05, 3.63) is 11.1 Å². The van der Waals surface area contributed by atoms with E-state index in [1.165, 1.54) is 30.6 Å². The van der Waals surface area contributed by atoms with Gasteiger partial charge in [-0.2, -0.15) is 0 Å². The molecule has 1 unspecified atom stereocenters. The summed E-state index contributed by atoms with van der Waals surface area (Å²) in [5.74, 6) is -0.274. The number of anilines is 1. The van der Waals surface area contributed by atoms with Crippen LogP contribution in [-0.2, 0) is 4.79 Å². The molecule has 1 aliphatic rings. The lowest BCUT2D eigenvalue weighted by atomic mass is 9.85. The van der Waals surface area contributed by atoms with Crippen LogP contribution in [0.4, 0.5) is 5.13 Å². The number of carboxylic acids is 1. The molecule has 17 heavy (non-hydrogen) atoms. The van der Waals surface area contributed by atoms with Crippen molar-refractivity contribution in [2.75, 3.05) is 18.5 Å². The van der Waals surface area contributed by atoms with Crippen LogP contribution in [0.3, 0.4) is 0 Å². The summed E-state index contributed by atoms with van der Waals surface area (Å²) >= 11 is 1.45. The maximum atomic E-state index is 10.7. The highest BCUT2D eigenvalue weighted by Crippen LogP contribution is 2.30. The zero-order valence-corrected chi connectivity index (χ0v) is 10.6. The number of nitrogens with zero attached hydrogens (tertiary/aromatic N) is 2. The zero-order valence-electron chi connectivity index (χ0n) is 9.80. The number of rotatable bonds is 5. The van der Waals surface area contributed by atoms with Crippen molar-refractivity contribution in [1.29, 1.82) is 0 Å². The van der Waals surface area contributed by atoms with Crippen molar-refractivity contribution in [2.24, 2.45) is 11.7 Å². The summed E-state index contributed by atoms with van der Waals surface area (Å²) in [6, 6.07) is -1.02. The molecule has 0 spiro atoms. The summed E-state index contributed by atoms with van der Waals surface area (Å²) in [4.78, 5) is 17.1. The van der Waals surface area contributed by atoms with Crippen LogP contribution in [0.25, 0.3) is 0 Å². The molecule has 0 aliphatic heterocycles. The fraction of sp³-hybridized carbons (Fsp3) is 0.636. The van der Waals surface area contributed by atoms with Crippen molar-refractivity contribution >= 4 is 22.4 Å². The number of nitrogens with two attached hydrogens (primary N) is 1. The molecule has 0 aromatic carbocycles. The molecule has 1 saturated carbocycles. The van der Waals surface area contributed by atoms with Crippen LogP contribution in [0.15, 0.2) is 5.38 Å². The molecule has 0 radical (unpaired) electrons. The maximum absolute atomic E-state index is 10.7. The van der Waals surface area contributed by atoms with E-state index >= 15 is 0 Å². The molecule has 5 nitrogen and oxygen atoms in total. The Kier molecular flexibility index (Phi) is 3.63. The van der Waals surface area contributed by atoms with Gasteiger partial charge in [0.2, 0.25) is 0 Å². The summed E-state index contributed by atoms with van der Waals surface area (Å²) in [5, 5.41) is 11.4. The monoisotopic (exact) mass is 255 g/mol. The van der Waals surface area contributed by atoms with Crippen molar-refractivity contribution in [3.8, 4) is 0 Å². The lowest BCUT2D eigenvalue weighted by Gasteiger charge is -2.29. The first-order valence-electron chi connectivity index (χ1n) is 5.73. The highest BCUT2D eigenvalue weighted by atomic mass is 32.1. The lowest BCUT2D eigenvalue weighted by molar-refractivity contribution is -0.138. The molecular weight excluding hydrogens is 238 g/mol. The SMILES string of the molecule is CN(CC1CCC1)c1nc(C(N)C(=O)O)cs1. The quantitative estimate of drug-likeness (QED) is 0.832. The summed E-state index contributed by atoms with van der Waals surface area (Å²) in [6.45, 7) is 0.995. The topological polar surface area (TPSA) is 79.5 Å². The van der Waals surface area contributed by atoms with Gasteiger partial charge in [-0.1, -0.05) is 6.42 Å². The summed E-state index contributed by atoms with van der Waals surface area (Å²) in [6.07, 6.45) is 3.90. The van der Waals surface area contributed by atoms with Crippen LogP contribution < -0.4 is 10.6 Å². The van der Waals surface area contributed by atoms with Crippen LogP contribution >= 0.6 is 11.3 Å². The van der Waals surface area contributed by atoms with E-state index < -0.39 is 12.0 Å². The van der Waals surface area contributed by atoms with Gasteiger partial charge in [-0.25, -0.2) is 4.98 Å². The second-order valence-corrected chi connectivity index (χ2v) is 5.38. The van der Waals surface area contributed by atoms with Gasteiger partial charge in [0.25, 0.3) is 0 Å². The molecule has 1 aromatic rings. The van der Waals surface area contributed by atoms with Crippen molar-refractivity contribution in [2.45, 2.75) is 25.3 Å². The third-order valence-electron chi connectivity index (χ3n) is 3.18. The Labute approximate surface area is 104 Å². The first-order chi connectivity index (χ1) is 8.08. The van der Waals surface area contributed by atoms with Crippen LogP contribution in [0, 0.1) is 5.92 Å². The van der Waals surface area contributed by atoms with Crippen LogP contribution in [0.5, 0.6) is 0 Å². The lowest BCUT2D eigenvalue weighted by Crippen LogP contribution is -2.29. The number of carboxylic acid groups (broad SMARTS) is 1. The Morgan fingerprint density at radius 3 is 3.00 bits per heavy atom. The van der Waals surface area contributed by atoms with E-state index in [1.807, 2.05) is 7.05 Å². The molecule has 2 rings (SSSR count). The van der Waals surface area contributed by atoms with E-state index in [0.29, 0.717) is 5.69 Å².